The molecule has 0 radical (unpaired) electrons. The molecule has 0 aliphatic heterocycles. The minimum absolute atomic E-state index is 0.00250. The number of carbonyl (C=O) groups is 1. The summed E-state index contributed by atoms with van der Waals surface area (Å²) in [5, 5.41) is 2.88. The average Bonchev–Trinajstić information content (AvgIpc) is 2.28. The highest BCUT2D eigenvalue weighted by Gasteiger charge is 2.08. The van der Waals surface area contributed by atoms with E-state index >= 15 is 0 Å². The number of aryl methyl sites for hydroxylation is 1. The summed E-state index contributed by atoms with van der Waals surface area (Å²) in [6.45, 7) is 5.31. The van der Waals surface area contributed by atoms with Gasteiger partial charge in [0.25, 0.3) is 5.91 Å². The van der Waals surface area contributed by atoms with Crippen molar-refractivity contribution in [3.63, 3.8) is 0 Å². The Kier molecular flexibility index (Phi) is 4.99. The van der Waals surface area contributed by atoms with Crippen molar-refractivity contribution < 1.29 is 9.53 Å². The summed E-state index contributed by atoms with van der Waals surface area (Å²) in [4.78, 5) is 11.8. The van der Waals surface area contributed by atoms with E-state index in [-0.39, 0.29) is 5.91 Å². The molecule has 0 heterocycles. The van der Waals surface area contributed by atoms with Crippen molar-refractivity contribution in [3.8, 4) is 0 Å². The second kappa shape index (κ2) is 6.28. The number of amides is 1. The number of nitrogens with one attached hydrogen (secondary N) is 1. The monoisotopic (exact) mass is 221 g/mol. The van der Waals surface area contributed by atoms with Gasteiger partial charge in [0, 0.05) is 25.8 Å². The number of rotatable bonds is 5. The van der Waals surface area contributed by atoms with Crippen LogP contribution in [0.25, 0.3) is 0 Å². The number of methoxy groups -OCH3 is 1. The number of benzene rings is 1. The summed E-state index contributed by atoms with van der Waals surface area (Å²) >= 11 is 0. The third-order valence-corrected chi connectivity index (χ3v) is 2.66. The Bertz CT molecular complexity index is 361. The van der Waals surface area contributed by atoms with Gasteiger partial charge in [0.2, 0.25) is 0 Å². The molecule has 0 bridgehead atoms. The molecule has 0 atom stereocenters. The Labute approximate surface area is 96.8 Å². The first-order chi connectivity index (χ1) is 7.66. The van der Waals surface area contributed by atoms with E-state index in [1.807, 2.05) is 32.0 Å². The van der Waals surface area contributed by atoms with Crippen LogP contribution in [0.2, 0.25) is 0 Å². The molecule has 0 saturated carbocycles. The predicted molar refractivity (Wildman–Crippen MR) is 64.7 cm³/mol. The van der Waals surface area contributed by atoms with Gasteiger partial charge < -0.3 is 10.1 Å². The van der Waals surface area contributed by atoms with Crippen molar-refractivity contribution in [2.24, 2.45) is 0 Å². The van der Waals surface area contributed by atoms with Crippen LogP contribution >= 0.6 is 0 Å². The van der Waals surface area contributed by atoms with E-state index in [9.17, 15) is 4.79 Å². The molecule has 0 saturated heterocycles. The molecule has 1 aromatic carbocycles. The summed E-state index contributed by atoms with van der Waals surface area (Å²) in [7, 11) is 1.66. The average molecular weight is 221 g/mol. The highest BCUT2D eigenvalue weighted by Crippen LogP contribution is 2.12. The van der Waals surface area contributed by atoms with E-state index in [0.717, 1.165) is 23.1 Å². The lowest BCUT2D eigenvalue weighted by atomic mass is 10.0. The van der Waals surface area contributed by atoms with Crippen molar-refractivity contribution in [2.45, 2.75) is 20.3 Å². The lowest BCUT2D eigenvalue weighted by Crippen LogP contribution is -2.26. The molecule has 1 N–H and O–H groups in total. The second-order valence-corrected chi connectivity index (χ2v) is 3.85. The first-order valence-corrected chi connectivity index (χ1v) is 5.50. The molecule has 1 amide bonds. The molecular formula is C13H19NO2. The molecule has 1 aromatic rings. The topological polar surface area (TPSA) is 38.3 Å². The quantitative estimate of drug-likeness (QED) is 0.773. The summed E-state index contributed by atoms with van der Waals surface area (Å²) in [6.07, 6.45) is 0.840. The SMILES string of the molecule is COCCCNC(=O)c1cccc(C)c1C. The van der Waals surface area contributed by atoms with Crippen molar-refractivity contribution in [2.75, 3.05) is 20.3 Å². The van der Waals surface area contributed by atoms with Crippen LogP contribution in [0, 0.1) is 13.8 Å². The zero-order valence-electron chi connectivity index (χ0n) is 10.2. The van der Waals surface area contributed by atoms with Crippen LogP contribution < -0.4 is 5.32 Å². The van der Waals surface area contributed by atoms with Crippen molar-refractivity contribution in [1.29, 1.82) is 0 Å². The fourth-order valence-electron chi connectivity index (χ4n) is 1.51. The molecule has 0 aliphatic carbocycles. The van der Waals surface area contributed by atoms with Crippen LogP contribution in [0.15, 0.2) is 18.2 Å². The molecule has 0 aliphatic rings. The third-order valence-electron chi connectivity index (χ3n) is 2.66. The third kappa shape index (κ3) is 3.35. The maximum Gasteiger partial charge on any atom is 0.251 e. The van der Waals surface area contributed by atoms with Crippen molar-refractivity contribution in [3.05, 3.63) is 34.9 Å². The van der Waals surface area contributed by atoms with Crippen molar-refractivity contribution >= 4 is 5.91 Å². The predicted octanol–water partition coefficient (Wildman–Crippen LogP) is 2.07. The largest absolute Gasteiger partial charge is 0.385 e. The second-order valence-electron chi connectivity index (χ2n) is 3.85. The first kappa shape index (κ1) is 12.7. The van der Waals surface area contributed by atoms with Gasteiger partial charge >= 0.3 is 0 Å². The lowest BCUT2D eigenvalue weighted by molar-refractivity contribution is 0.0948. The normalized spacial score (nSPS) is 10.2. The molecular weight excluding hydrogens is 202 g/mol. The Morgan fingerprint density at radius 1 is 1.38 bits per heavy atom. The number of ether oxygens (including phenoxy) is 1. The molecule has 3 heteroatoms. The molecule has 88 valence electrons. The molecule has 0 aromatic heterocycles. The van der Waals surface area contributed by atoms with Crippen LogP contribution in [0.5, 0.6) is 0 Å². The molecule has 1 rings (SSSR count). The molecule has 0 spiro atoms. The van der Waals surface area contributed by atoms with Gasteiger partial charge in [-0.05, 0) is 37.5 Å². The Morgan fingerprint density at radius 3 is 2.81 bits per heavy atom. The summed E-state index contributed by atoms with van der Waals surface area (Å²) in [5.74, 6) is -0.00250. The van der Waals surface area contributed by atoms with E-state index in [2.05, 4.69) is 5.32 Å². The maximum atomic E-state index is 11.8. The highest BCUT2D eigenvalue weighted by molar-refractivity contribution is 5.95. The van der Waals surface area contributed by atoms with Crippen LogP contribution in [-0.2, 0) is 4.74 Å². The standard InChI is InChI=1S/C13H19NO2/c1-10-6-4-7-12(11(10)2)13(15)14-8-5-9-16-3/h4,6-7H,5,8-9H2,1-3H3,(H,14,15). The van der Waals surface area contributed by atoms with E-state index in [1.54, 1.807) is 7.11 Å². The number of hydrogen-bond acceptors (Lipinski definition) is 2. The highest BCUT2D eigenvalue weighted by atomic mass is 16.5. The van der Waals surface area contributed by atoms with Gasteiger partial charge in [-0.25, -0.2) is 0 Å². The van der Waals surface area contributed by atoms with Gasteiger partial charge in [0.05, 0.1) is 0 Å². The summed E-state index contributed by atoms with van der Waals surface area (Å²) < 4.78 is 4.92. The smallest absolute Gasteiger partial charge is 0.251 e. The van der Waals surface area contributed by atoms with Gasteiger partial charge in [-0.3, -0.25) is 4.79 Å². The minimum Gasteiger partial charge on any atom is -0.385 e. The van der Waals surface area contributed by atoms with E-state index in [1.165, 1.54) is 0 Å². The van der Waals surface area contributed by atoms with Gasteiger partial charge in [-0.2, -0.15) is 0 Å². The van der Waals surface area contributed by atoms with Crippen molar-refractivity contribution in [1.82, 2.24) is 5.32 Å². The Balaban J connectivity index is 2.56. The van der Waals surface area contributed by atoms with E-state index in [0.29, 0.717) is 13.2 Å². The number of carbonyl (C=O) groups excluding carboxylic acids is 1. The Hall–Kier alpha value is -1.35. The summed E-state index contributed by atoms with van der Waals surface area (Å²) in [5.41, 5.74) is 2.95. The summed E-state index contributed by atoms with van der Waals surface area (Å²) in [6, 6.07) is 5.78. The van der Waals surface area contributed by atoms with Gasteiger partial charge in [0.15, 0.2) is 0 Å². The minimum atomic E-state index is -0.00250. The van der Waals surface area contributed by atoms with Gasteiger partial charge in [0.1, 0.15) is 0 Å². The maximum absolute atomic E-state index is 11.8. The van der Waals surface area contributed by atoms with Gasteiger partial charge in [-0.15, -0.1) is 0 Å². The molecule has 0 unspecified atom stereocenters. The first-order valence-electron chi connectivity index (χ1n) is 5.50. The van der Waals surface area contributed by atoms with E-state index < -0.39 is 0 Å². The van der Waals surface area contributed by atoms with Gasteiger partial charge in [-0.1, -0.05) is 12.1 Å². The van der Waals surface area contributed by atoms with E-state index in [4.69, 9.17) is 4.74 Å². The fourth-order valence-corrected chi connectivity index (χ4v) is 1.51. The zero-order valence-corrected chi connectivity index (χ0v) is 10.2. The molecule has 16 heavy (non-hydrogen) atoms. The van der Waals surface area contributed by atoms with Crippen LogP contribution in [-0.4, -0.2) is 26.2 Å². The zero-order chi connectivity index (χ0) is 12.0. The lowest BCUT2D eigenvalue weighted by Gasteiger charge is -2.09. The van der Waals surface area contributed by atoms with Crippen LogP contribution in [0.4, 0.5) is 0 Å². The number of hydrogen-bond donors (Lipinski definition) is 1. The van der Waals surface area contributed by atoms with Crippen LogP contribution in [0.1, 0.15) is 27.9 Å². The Morgan fingerprint density at radius 2 is 2.12 bits per heavy atom. The molecule has 0 fully saturated rings. The van der Waals surface area contributed by atoms with Crippen LogP contribution in [0.3, 0.4) is 0 Å². The fraction of sp³-hybridized carbons (Fsp3) is 0.462. The molecule has 3 nitrogen and oxygen atoms in total.